The van der Waals surface area contributed by atoms with Gasteiger partial charge in [0.25, 0.3) is 5.56 Å². The van der Waals surface area contributed by atoms with Crippen molar-refractivity contribution in [3.8, 4) is 11.5 Å². The Kier molecular flexibility index (Phi) is 4.94. The van der Waals surface area contributed by atoms with E-state index in [9.17, 15) is 9.90 Å². The van der Waals surface area contributed by atoms with Crippen molar-refractivity contribution in [3.63, 3.8) is 0 Å². The maximum atomic E-state index is 12.6. The topological polar surface area (TPSA) is 90.8 Å². The molecular weight excluding hydrogens is 344 g/mol. The van der Waals surface area contributed by atoms with Gasteiger partial charge in [-0.25, -0.2) is 4.98 Å². The van der Waals surface area contributed by atoms with E-state index in [4.69, 9.17) is 9.72 Å². The molecule has 142 valence electrons. The number of aromatic amines is 1. The molecule has 0 saturated heterocycles. The quantitative estimate of drug-likeness (QED) is 0.862. The standard InChI is InChI=1S/C20H24N4O3/c1-27-14-5-6-18(25)13(10-14)11-24-9-7-16-15(12-24)20(26)23-19(22-16)17-4-2-3-8-21-17/h5-6,10,25H,2-4,7-9,11-12H2,1H3,(H,22,23,26). The average molecular weight is 368 g/mol. The molecule has 0 bridgehead atoms. The van der Waals surface area contributed by atoms with Crippen molar-refractivity contribution in [1.82, 2.24) is 14.9 Å². The zero-order valence-corrected chi connectivity index (χ0v) is 15.5. The Hall–Kier alpha value is -2.67. The number of H-pyrrole nitrogens is 1. The first-order valence-electron chi connectivity index (χ1n) is 9.38. The third-order valence-corrected chi connectivity index (χ3v) is 5.23. The van der Waals surface area contributed by atoms with Gasteiger partial charge in [0.15, 0.2) is 5.82 Å². The third-order valence-electron chi connectivity index (χ3n) is 5.23. The normalized spacial score (nSPS) is 17.3. The zero-order valence-electron chi connectivity index (χ0n) is 15.5. The number of ether oxygens (including phenoxy) is 1. The molecule has 2 aliphatic heterocycles. The highest BCUT2D eigenvalue weighted by Gasteiger charge is 2.23. The highest BCUT2D eigenvalue weighted by Crippen LogP contribution is 2.26. The van der Waals surface area contributed by atoms with Crippen LogP contribution in [0.4, 0.5) is 0 Å². The van der Waals surface area contributed by atoms with Crippen molar-refractivity contribution in [1.29, 1.82) is 0 Å². The molecule has 1 aromatic heterocycles. The van der Waals surface area contributed by atoms with Crippen LogP contribution in [-0.4, -0.2) is 45.9 Å². The number of phenolic OH excluding ortho intramolecular Hbond substituents is 1. The summed E-state index contributed by atoms with van der Waals surface area (Å²) in [4.78, 5) is 26.9. The molecule has 0 atom stereocenters. The van der Waals surface area contributed by atoms with E-state index < -0.39 is 0 Å². The van der Waals surface area contributed by atoms with Crippen LogP contribution in [0.5, 0.6) is 11.5 Å². The fourth-order valence-electron chi connectivity index (χ4n) is 3.70. The molecule has 3 heterocycles. The van der Waals surface area contributed by atoms with Crippen molar-refractivity contribution < 1.29 is 9.84 Å². The van der Waals surface area contributed by atoms with Crippen molar-refractivity contribution in [2.75, 3.05) is 20.2 Å². The van der Waals surface area contributed by atoms with E-state index in [0.717, 1.165) is 49.3 Å². The lowest BCUT2D eigenvalue weighted by molar-refractivity contribution is 0.238. The summed E-state index contributed by atoms with van der Waals surface area (Å²) in [6.07, 6.45) is 3.79. The summed E-state index contributed by atoms with van der Waals surface area (Å²) >= 11 is 0. The first-order valence-corrected chi connectivity index (χ1v) is 9.38. The molecule has 2 aromatic rings. The van der Waals surface area contributed by atoms with Crippen LogP contribution in [0.2, 0.25) is 0 Å². The number of aromatic hydroxyl groups is 1. The highest BCUT2D eigenvalue weighted by molar-refractivity contribution is 5.97. The van der Waals surface area contributed by atoms with Crippen LogP contribution in [0.15, 0.2) is 28.0 Å². The number of aliphatic imine (C=N–C) groups is 1. The molecule has 0 radical (unpaired) electrons. The summed E-state index contributed by atoms with van der Waals surface area (Å²) in [7, 11) is 1.60. The molecule has 0 saturated carbocycles. The van der Waals surface area contributed by atoms with E-state index in [0.29, 0.717) is 36.6 Å². The summed E-state index contributed by atoms with van der Waals surface area (Å²) < 4.78 is 5.24. The number of benzene rings is 1. The molecule has 0 spiro atoms. The minimum absolute atomic E-state index is 0.0807. The lowest BCUT2D eigenvalue weighted by Crippen LogP contribution is -2.36. The summed E-state index contributed by atoms with van der Waals surface area (Å²) in [6, 6.07) is 5.20. The minimum Gasteiger partial charge on any atom is -0.508 e. The number of fused-ring (bicyclic) bond motifs is 1. The largest absolute Gasteiger partial charge is 0.508 e. The molecule has 0 fully saturated rings. The molecule has 0 unspecified atom stereocenters. The number of methoxy groups -OCH3 is 1. The molecule has 1 aromatic carbocycles. The monoisotopic (exact) mass is 368 g/mol. The lowest BCUT2D eigenvalue weighted by Gasteiger charge is -2.28. The second-order valence-electron chi connectivity index (χ2n) is 7.08. The van der Waals surface area contributed by atoms with Crippen LogP contribution in [0.25, 0.3) is 0 Å². The summed E-state index contributed by atoms with van der Waals surface area (Å²) in [5, 5.41) is 10.1. The molecule has 7 heteroatoms. The second-order valence-corrected chi connectivity index (χ2v) is 7.08. The lowest BCUT2D eigenvalue weighted by atomic mass is 10.0. The molecule has 2 aliphatic rings. The molecule has 27 heavy (non-hydrogen) atoms. The number of nitrogens with zero attached hydrogens (tertiary/aromatic N) is 3. The second kappa shape index (κ2) is 7.52. The van der Waals surface area contributed by atoms with Crippen molar-refractivity contribution >= 4 is 5.71 Å². The van der Waals surface area contributed by atoms with Crippen LogP contribution >= 0.6 is 0 Å². The van der Waals surface area contributed by atoms with Crippen LogP contribution < -0.4 is 10.3 Å². The summed E-state index contributed by atoms with van der Waals surface area (Å²) in [5.41, 5.74) is 3.21. The van der Waals surface area contributed by atoms with Gasteiger partial charge in [0, 0.05) is 38.2 Å². The van der Waals surface area contributed by atoms with E-state index >= 15 is 0 Å². The number of phenols is 1. The number of aromatic nitrogens is 2. The van der Waals surface area contributed by atoms with Crippen LogP contribution in [-0.2, 0) is 19.5 Å². The van der Waals surface area contributed by atoms with Crippen molar-refractivity contribution in [2.24, 2.45) is 4.99 Å². The van der Waals surface area contributed by atoms with Crippen LogP contribution in [0.3, 0.4) is 0 Å². The van der Waals surface area contributed by atoms with Gasteiger partial charge in [-0.1, -0.05) is 0 Å². The van der Waals surface area contributed by atoms with E-state index in [1.165, 1.54) is 0 Å². The maximum Gasteiger partial charge on any atom is 0.255 e. The van der Waals surface area contributed by atoms with Gasteiger partial charge in [-0.15, -0.1) is 0 Å². The summed E-state index contributed by atoms with van der Waals surface area (Å²) in [6.45, 7) is 2.66. The average Bonchev–Trinajstić information content (AvgIpc) is 2.70. The molecule has 0 amide bonds. The van der Waals surface area contributed by atoms with Gasteiger partial charge < -0.3 is 14.8 Å². The molecule has 0 aliphatic carbocycles. The Balaban J connectivity index is 1.55. The minimum atomic E-state index is -0.0807. The fraction of sp³-hybridized carbons (Fsp3) is 0.450. The first kappa shape index (κ1) is 17.7. The smallest absolute Gasteiger partial charge is 0.255 e. The summed E-state index contributed by atoms with van der Waals surface area (Å²) in [5.74, 6) is 1.58. The fourth-order valence-corrected chi connectivity index (χ4v) is 3.70. The Morgan fingerprint density at radius 1 is 1.30 bits per heavy atom. The molecule has 2 N–H and O–H groups in total. The molecule has 7 nitrogen and oxygen atoms in total. The molecule has 4 rings (SSSR count). The van der Waals surface area contributed by atoms with E-state index in [2.05, 4.69) is 14.9 Å². The van der Waals surface area contributed by atoms with Gasteiger partial charge in [-0.05, 0) is 37.5 Å². The zero-order chi connectivity index (χ0) is 18.8. The van der Waals surface area contributed by atoms with Gasteiger partial charge >= 0.3 is 0 Å². The van der Waals surface area contributed by atoms with Crippen LogP contribution in [0, 0.1) is 0 Å². The van der Waals surface area contributed by atoms with Gasteiger partial charge in [-0.2, -0.15) is 0 Å². The van der Waals surface area contributed by atoms with Gasteiger partial charge in [-0.3, -0.25) is 14.7 Å². The predicted octanol–water partition coefficient (Wildman–Crippen LogP) is 2.02. The van der Waals surface area contributed by atoms with E-state index in [-0.39, 0.29) is 11.3 Å². The highest BCUT2D eigenvalue weighted by atomic mass is 16.5. The number of hydrogen-bond donors (Lipinski definition) is 2. The predicted molar refractivity (Wildman–Crippen MR) is 103 cm³/mol. The van der Waals surface area contributed by atoms with Crippen molar-refractivity contribution in [3.05, 3.63) is 51.2 Å². The Labute approximate surface area is 157 Å². The maximum absolute atomic E-state index is 12.6. The van der Waals surface area contributed by atoms with E-state index in [1.807, 2.05) is 6.07 Å². The van der Waals surface area contributed by atoms with Gasteiger partial charge in [0.2, 0.25) is 0 Å². The Morgan fingerprint density at radius 2 is 2.19 bits per heavy atom. The van der Waals surface area contributed by atoms with Crippen molar-refractivity contribution in [2.45, 2.75) is 38.8 Å². The Bertz CT molecular complexity index is 935. The van der Waals surface area contributed by atoms with Gasteiger partial charge in [0.1, 0.15) is 11.5 Å². The van der Waals surface area contributed by atoms with Gasteiger partial charge in [0.05, 0.1) is 24.1 Å². The van der Waals surface area contributed by atoms with Crippen LogP contribution in [0.1, 0.15) is 41.9 Å². The number of rotatable bonds is 4. The third kappa shape index (κ3) is 3.73. The first-order chi connectivity index (χ1) is 13.1. The van der Waals surface area contributed by atoms with E-state index in [1.54, 1.807) is 19.2 Å². The Morgan fingerprint density at radius 3 is 2.96 bits per heavy atom. The number of nitrogens with one attached hydrogen (secondary N) is 1. The SMILES string of the molecule is COc1ccc(O)c(CN2CCc3nc(C4=NCCCC4)[nH]c(=O)c3C2)c1. The number of hydrogen-bond acceptors (Lipinski definition) is 6. The molecular formula is C20H24N4O3.